The van der Waals surface area contributed by atoms with Crippen molar-refractivity contribution in [2.24, 2.45) is 5.73 Å². The van der Waals surface area contributed by atoms with Crippen LogP contribution in [0.4, 0.5) is 17.6 Å². The molecule has 0 saturated heterocycles. The van der Waals surface area contributed by atoms with Crippen molar-refractivity contribution in [3.8, 4) is 0 Å². The Labute approximate surface area is 93.8 Å². The average molecular weight is 251 g/mol. The topological polar surface area (TPSA) is 63.3 Å². The fourth-order valence-electron chi connectivity index (χ4n) is 1.27. The lowest BCUT2D eigenvalue weighted by Gasteiger charge is -2.11. The summed E-state index contributed by atoms with van der Waals surface area (Å²) in [6, 6.07) is -1.64. The Morgan fingerprint density at radius 3 is 1.94 bits per heavy atom. The largest absolute Gasteiger partial charge is 0.480 e. The van der Waals surface area contributed by atoms with Gasteiger partial charge in [0.25, 0.3) is 0 Å². The number of carbonyl (C=O) groups is 1. The van der Waals surface area contributed by atoms with Gasteiger partial charge in [0.05, 0.1) is 0 Å². The van der Waals surface area contributed by atoms with E-state index in [0.717, 1.165) is 6.92 Å². The van der Waals surface area contributed by atoms with Crippen LogP contribution in [0.1, 0.15) is 11.1 Å². The van der Waals surface area contributed by atoms with Gasteiger partial charge in [0.2, 0.25) is 0 Å². The first-order chi connectivity index (χ1) is 7.77. The molecule has 0 spiro atoms. The molecule has 0 amide bonds. The van der Waals surface area contributed by atoms with E-state index in [-0.39, 0.29) is 0 Å². The van der Waals surface area contributed by atoms with Crippen molar-refractivity contribution in [1.29, 1.82) is 0 Å². The molecule has 3 nitrogen and oxygen atoms in total. The van der Waals surface area contributed by atoms with Gasteiger partial charge in [-0.05, 0) is 6.92 Å². The van der Waals surface area contributed by atoms with Gasteiger partial charge in [0.1, 0.15) is 6.04 Å². The van der Waals surface area contributed by atoms with Crippen LogP contribution in [0.25, 0.3) is 0 Å². The van der Waals surface area contributed by atoms with Crippen LogP contribution in [0, 0.1) is 30.2 Å². The van der Waals surface area contributed by atoms with Crippen LogP contribution in [0.2, 0.25) is 0 Å². The lowest BCUT2D eigenvalue weighted by atomic mass is 10.0. The van der Waals surface area contributed by atoms with E-state index >= 15 is 0 Å². The number of aliphatic carboxylic acids is 1. The van der Waals surface area contributed by atoms with Gasteiger partial charge >= 0.3 is 5.97 Å². The minimum atomic E-state index is -1.64. The van der Waals surface area contributed by atoms with Crippen molar-refractivity contribution in [2.75, 3.05) is 0 Å². The summed E-state index contributed by atoms with van der Waals surface area (Å²) in [7, 11) is 0. The molecule has 0 bridgehead atoms. The van der Waals surface area contributed by atoms with Crippen LogP contribution in [-0.2, 0) is 11.2 Å². The average Bonchev–Trinajstić information content (AvgIpc) is 2.29. The minimum Gasteiger partial charge on any atom is -0.480 e. The van der Waals surface area contributed by atoms with Crippen molar-refractivity contribution in [3.63, 3.8) is 0 Å². The summed E-state index contributed by atoms with van der Waals surface area (Å²) in [6.45, 7) is 0.873. The highest BCUT2D eigenvalue weighted by atomic mass is 19.2. The lowest BCUT2D eigenvalue weighted by Crippen LogP contribution is -2.33. The Balaban J connectivity index is 3.30. The van der Waals surface area contributed by atoms with E-state index in [0.29, 0.717) is 0 Å². The summed E-state index contributed by atoms with van der Waals surface area (Å²) in [5.74, 6) is -7.84. The molecule has 3 N–H and O–H groups in total. The van der Waals surface area contributed by atoms with Crippen LogP contribution >= 0.6 is 0 Å². The predicted molar refractivity (Wildman–Crippen MR) is 50.3 cm³/mol. The molecule has 0 aliphatic carbocycles. The molecule has 17 heavy (non-hydrogen) atoms. The number of benzene rings is 1. The van der Waals surface area contributed by atoms with Crippen LogP contribution in [0.5, 0.6) is 0 Å². The fourth-order valence-corrected chi connectivity index (χ4v) is 1.27. The predicted octanol–water partition coefficient (Wildman–Crippen LogP) is 1.51. The van der Waals surface area contributed by atoms with Crippen LogP contribution in [0.3, 0.4) is 0 Å². The summed E-state index contributed by atoms with van der Waals surface area (Å²) >= 11 is 0. The molecule has 0 aliphatic heterocycles. The molecule has 1 atom stereocenters. The maximum atomic E-state index is 13.3. The highest BCUT2D eigenvalue weighted by molar-refractivity contribution is 5.73. The van der Waals surface area contributed by atoms with E-state index in [2.05, 4.69) is 0 Å². The number of carboxylic acid groups (broad SMARTS) is 1. The number of hydrogen-bond acceptors (Lipinski definition) is 2. The van der Waals surface area contributed by atoms with Crippen molar-refractivity contribution in [3.05, 3.63) is 34.4 Å². The third kappa shape index (κ3) is 2.38. The first kappa shape index (κ1) is 13.4. The summed E-state index contributed by atoms with van der Waals surface area (Å²) in [5, 5.41) is 8.46. The quantitative estimate of drug-likeness (QED) is 0.632. The Kier molecular flexibility index (Phi) is 3.72. The zero-order valence-electron chi connectivity index (χ0n) is 8.73. The number of nitrogens with two attached hydrogens (primary N) is 1. The van der Waals surface area contributed by atoms with Crippen molar-refractivity contribution >= 4 is 5.97 Å². The Morgan fingerprint density at radius 2 is 1.59 bits per heavy atom. The van der Waals surface area contributed by atoms with Gasteiger partial charge in [-0.1, -0.05) is 0 Å². The third-order valence-electron chi connectivity index (χ3n) is 2.32. The third-order valence-corrected chi connectivity index (χ3v) is 2.32. The summed E-state index contributed by atoms with van der Waals surface area (Å²) in [4.78, 5) is 10.4. The summed E-state index contributed by atoms with van der Waals surface area (Å²) < 4.78 is 52.8. The maximum absolute atomic E-state index is 13.3. The molecule has 0 heterocycles. The van der Waals surface area contributed by atoms with Gasteiger partial charge < -0.3 is 10.8 Å². The minimum absolute atomic E-state index is 0.798. The van der Waals surface area contributed by atoms with E-state index < -0.39 is 52.8 Å². The lowest BCUT2D eigenvalue weighted by molar-refractivity contribution is -0.138. The Morgan fingerprint density at radius 1 is 1.18 bits per heavy atom. The van der Waals surface area contributed by atoms with E-state index in [4.69, 9.17) is 10.8 Å². The first-order valence-electron chi connectivity index (χ1n) is 4.57. The molecule has 1 unspecified atom stereocenters. The number of halogens is 4. The molecule has 7 heteroatoms. The molecule has 94 valence electrons. The second kappa shape index (κ2) is 4.70. The number of carboxylic acids is 1. The molecule has 0 aliphatic rings. The molecule has 1 rings (SSSR count). The van der Waals surface area contributed by atoms with Gasteiger partial charge in [0.15, 0.2) is 23.3 Å². The van der Waals surface area contributed by atoms with Crippen molar-refractivity contribution in [2.45, 2.75) is 19.4 Å². The van der Waals surface area contributed by atoms with Gasteiger partial charge in [0, 0.05) is 17.5 Å². The van der Waals surface area contributed by atoms with Gasteiger partial charge in [-0.15, -0.1) is 0 Å². The second-order valence-electron chi connectivity index (χ2n) is 3.51. The molecule has 0 radical (unpaired) electrons. The maximum Gasteiger partial charge on any atom is 0.320 e. The molecule has 0 fully saturated rings. The molecule has 1 aromatic carbocycles. The summed E-state index contributed by atoms with van der Waals surface area (Å²) in [5.41, 5.74) is 3.25. The molecular weight excluding hydrogens is 242 g/mol. The Hall–Kier alpha value is -1.63. The van der Waals surface area contributed by atoms with E-state index in [9.17, 15) is 22.4 Å². The van der Waals surface area contributed by atoms with Crippen LogP contribution in [0.15, 0.2) is 0 Å². The highest BCUT2D eigenvalue weighted by Crippen LogP contribution is 2.24. The van der Waals surface area contributed by atoms with E-state index in [1.165, 1.54) is 0 Å². The van der Waals surface area contributed by atoms with Crippen molar-refractivity contribution < 1.29 is 27.5 Å². The van der Waals surface area contributed by atoms with E-state index in [1.807, 2.05) is 0 Å². The zero-order valence-corrected chi connectivity index (χ0v) is 8.73. The molecular formula is C10H9F4NO2. The molecule has 0 saturated carbocycles. The standard InChI is InChI=1S/C10H9F4NO2/c1-3-6(11)8(13)4(9(14)7(3)12)2-5(15)10(16)17/h5H,2,15H2,1H3,(H,16,17). The number of rotatable bonds is 3. The molecule has 0 aromatic heterocycles. The van der Waals surface area contributed by atoms with Gasteiger partial charge in [-0.25, -0.2) is 17.6 Å². The highest BCUT2D eigenvalue weighted by Gasteiger charge is 2.25. The monoisotopic (exact) mass is 251 g/mol. The normalized spacial score (nSPS) is 12.6. The first-order valence-corrected chi connectivity index (χ1v) is 4.57. The van der Waals surface area contributed by atoms with E-state index in [1.54, 1.807) is 0 Å². The van der Waals surface area contributed by atoms with Crippen molar-refractivity contribution in [1.82, 2.24) is 0 Å². The zero-order chi connectivity index (χ0) is 13.3. The SMILES string of the molecule is Cc1c(F)c(F)c(CC(N)C(=O)O)c(F)c1F. The fraction of sp³-hybridized carbons (Fsp3) is 0.300. The second-order valence-corrected chi connectivity index (χ2v) is 3.51. The Bertz CT molecular complexity index is 447. The van der Waals surface area contributed by atoms with Gasteiger partial charge in [-0.2, -0.15) is 0 Å². The smallest absolute Gasteiger partial charge is 0.320 e. The summed E-state index contributed by atoms with van der Waals surface area (Å²) in [6.07, 6.45) is -0.832. The number of hydrogen-bond donors (Lipinski definition) is 2. The van der Waals surface area contributed by atoms with Crippen LogP contribution in [-0.4, -0.2) is 17.1 Å². The molecule has 1 aromatic rings. The van der Waals surface area contributed by atoms with Crippen LogP contribution < -0.4 is 5.73 Å². The van der Waals surface area contributed by atoms with Gasteiger partial charge in [-0.3, -0.25) is 4.79 Å².